The maximum absolute atomic E-state index is 13.4. The van der Waals surface area contributed by atoms with Crippen molar-refractivity contribution in [1.29, 1.82) is 0 Å². The Morgan fingerprint density at radius 3 is 3.00 bits per heavy atom. The van der Waals surface area contributed by atoms with Gasteiger partial charge in [-0.15, -0.1) is 11.3 Å². The minimum Gasteiger partial charge on any atom is -0.492 e. The van der Waals surface area contributed by atoms with E-state index in [0.29, 0.717) is 24.7 Å². The van der Waals surface area contributed by atoms with Crippen LogP contribution in [0.4, 0.5) is 4.39 Å². The van der Waals surface area contributed by atoms with Gasteiger partial charge in [0.2, 0.25) is 0 Å². The monoisotopic (exact) mass is 399 g/mol. The summed E-state index contributed by atoms with van der Waals surface area (Å²) < 4.78 is 24.9. The molecule has 0 amide bonds. The van der Waals surface area contributed by atoms with Crippen molar-refractivity contribution in [3.8, 4) is 22.1 Å². The Labute approximate surface area is 165 Å². The fraction of sp³-hybridized carbons (Fsp3) is 0.238. The normalized spacial score (nSPS) is 15.1. The van der Waals surface area contributed by atoms with Crippen LogP contribution >= 0.6 is 11.3 Å². The molecule has 5 nitrogen and oxygen atoms in total. The van der Waals surface area contributed by atoms with Gasteiger partial charge in [0.1, 0.15) is 28.9 Å². The molecule has 1 N–H and O–H groups in total. The van der Waals surface area contributed by atoms with Crippen molar-refractivity contribution in [2.75, 3.05) is 6.61 Å². The number of hydrogen-bond donors (Lipinski definition) is 1. The summed E-state index contributed by atoms with van der Waals surface area (Å²) >= 11 is 1.47. The van der Waals surface area contributed by atoms with E-state index >= 15 is 0 Å². The smallest absolute Gasteiger partial charge is 0.304 e. The highest BCUT2D eigenvalue weighted by molar-refractivity contribution is 7.15. The molecule has 2 aromatic carbocycles. The average Bonchev–Trinajstić information content (AvgIpc) is 3.23. The SMILES string of the molecule is Cc1nc(-c2cccc(F)c2)sc1COc1ccc2c(c1)OCC2CC(=O)O. The number of thiazole rings is 1. The fourth-order valence-corrected chi connectivity index (χ4v) is 4.15. The summed E-state index contributed by atoms with van der Waals surface area (Å²) in [5.74, 6) is 0.0678. The summed E-state index contributed by atoms with van der Waals surface area (Å²) in [7, 11) is 0. The van der Waals surface area contributed by atoms with Crippen molar-refractivity contribution >= 4 is 17.3 Å². The molecule has 1 aromatic heterocycles. The summed E-state index contributed by atoms with van der Waals surface area (Å²) in [5.41, 5.74) is 2.50. The molecular weight excluding hydrogens is 381 g/mol. The van der Waals surface area contributed by atoms with Gasteiger partial charge in [-0.1, -0.05) is 18.2 Å². The lowest BCUT2D eigenvalue weighted by Crippen LogP contribution is -2.07. The number of carbonyl (C=O) groups is 1. The Morgan fingerprint density at radius 1 is 1.36 bits per heavy atom. The van der Waals surface area contributed by atoms with Crippen molar-refractivity contribution in [3.05, 3.63) is 64.4 Å². The first kappa shape index (κ1) is 18.4. The van der Waals surface area contributed by atoms with E-state index in [1.165, 1.54) is 23.5 Å². The number of fused-ring (bicyclic) bond motifs is 1. The van der Waals surface area contributed by atoms with Gasteiger partial charge in [-0.3, -0.25) is 4.79 Å². The van der Waals surface area contributed by atoms with Crippen LogP contribution in [-0.2, 0) is 11.4 Å². The molecule has 0 radical (unpaired) electrons. The van der Waals surface area contributed by atoms with Gasteiger partial charge in [0.05, 0.1) is 23.6 Å². The minimum atomic E-state index is -0.837. The van der Waals surface area contributed by atoms with Gasteiger partial charge in [0.25, 0.3) is 0 Å². The largest absolute Gasteiger partial charge is 0.492 e. The van der Waals surface area contributed by atoms with Crippen LogP contribution in [0.25, 0.3) is 10.6 Å². The minimum absolute atomic E-state index is 0.0517. The van der Waals surface area contributed by atoms with Gasteiger partial charge in [0.15, 0.2) is 0 Å². The lowest BCUT2D eigenvalue weighted by molar-refractivity contribution is -0.137. The predicted molar refractivity (Wildman–Crippen MR) is 104 cm³/mol. The van der Waals surface area contributed by atoms with Crippen LogP contribution in [0, 0.1) is 12.7 Å². The molecule has 3 aromatic rings. The standard InChI is InChI=1S/C21H18FNO4S/c1-12-19(28-21(23-12)13-3-2-4-15(22)7-13)11-26-16-5-6-17-14(8-20(24)25)10-27-18(17)9-16/h2-7,9,14H,8,10-11H2,1H3,(H,24,25). The van der Waals surface area contributed by atoms with Gasteiger partial charge in [-0.25, -0.2) is 9.37 Å². The number of halogens is 1. The van der Waals surface area contributed by atoms with Crippen molar-refractivity contribution < 1.29 is 23.8 Å². The third-order valence-electron chi connectivity index (χ3n) is 4.62. The van der Waals surface area contributed by atoms with E-state index in [2.05, 4.69) is 4.98 Å². The summed E-state index contributed by atoms with van der Waals surface area (Å²) in [6.45, 7) is 2.62. The van der Waals surface area contributed by atoms with E-state index < -0.39 is 5.97 Å². The quantitative estimate of drug-likeness (QED) is 0.646. The molecule has 1 aliphatic rings. The molecule has 0 spiro atoms. The molecule has 7 heteroatoms. The maximum Gasteiger partial charge on any atom is 0.304 e. The molecule has 0 aliphatic carbocycles. The molecule has 0 fully saturated rings. The van der Waals surface area contributed by atoms with Crippen molar-refractivity contribution in [2.24, 2.45) is 0 Å². The van der Waals surface area contributed by atoms with Crippen LogP contribution in [0.15, 0.2) is 42.5 Å². The fourth-order valence-electron chi connectivity index (χ4n) is 3.18. The van der Waals surface area contributed by atoms with Gasteiger partial charge in [0, 0.05) is 23.1 Å². The summed E-state index contributed by atoms with van der Waals surface area (Å²) in [5, 5.41) is 9.74. The molecule has 1 aliphatic heterocycles. The Balaban J connectivity index is 1.46. The zero-order chi connectivity index (χ0) is 19.7. The second-order valence-corrected chi connectivity index (χ2v) is 7.72. The lowest BCUT2D eigenvalue weighted by Gasteiger charge is -2.08. The van der Waals surface area contributed by atoms with Crippen molar-refractivity contribution in [3.63, 3.8) is 0 Å². The molecule has 0 saturated carbocycles. The zero-order valence-corrected chi connectivity index (χ0v) is 16.0. The van der Waals surface area contributed by atoms with Crippen LogP contribution < -0.4 is 9.47 Å². The van der Waals surface area contributed by atoms with E-state index in [-0.39, 0.29) is 18.2 Å². The molecule has 28 heavy (non-hydrogen) atoms. The summed E-state index contributed by atoms with van der Waals surface area (Å²) in [6.07, 6.45) is 0.0517. The number of carboxylic acids is 1. The number of aromatic nitrogens is 1. The topological polar surface area (TPSA) is 68.7 Å². The number of aryl methyl sites for hydroxylation is 1. The number of hydrogen-bond acceptors (Lipinski definition) is 5. The Morgan fingerprint density at radius 2 is 2.21 bits per heavy atom. The maximum atomic E-state index is 13.4. The summed E-state index contributed by atoms with van der Waals surface area (Å²) in [4.78, 5) is 16.4. The second kappa shape index (κ2) is 7.59. The number of carboxylic acid groups (broad SMARTS) is 1. The highest BCUT2D eigenvalue weighted by Gasteiger charge is 2.26. The molecule has 144 valence electrons. The molecular formula is C21H18FNO4S. The number of rotatable bonds is 6. The summed E-state index contributed by atoms with van der Waals surface area (Å²) in [6, 6.07) is 11.9. The van der Waals surface area contributed by atoms with Gasteiger partial charge in [-0.05, 0) is 25.1 Å². The molecule has 2 heterocycles. The number of ether oxygens (including phenoxy) is 2. The first-order chi connectivity index (χ1) is 13.5. The van der Waals surface area contributed by atoms with E-state index in [4.69, 9.17) is 14.6 Å². The van der Waals surface area contributed by atoms with Crippen LogP contribution in [0.2, 0.25) is 0 Å². The Hall–Kier alpha value is -2.93. The van der Waals surface area contributed by atoms with Crippen molar-refractivity contribution in [1.82, 2.24) is 4.98 Å². The van der Waals surface area contributed by atoms with Gasteiger partial charge >= 0.3 is 5.97 Å². The third kappa shape index (κ3) is 3.84. The molecule has 0 bridgehead atoms. The van der Waals surface area contributed by atoms with Crippen LogP contribution in [0.3, 0.4) is 0 Å². The zero-order valence-electron chi connectivity index (χ0n) is 15.1. The van der Waals surface area contributed by atoms with E-state index in [1.807, 2.05) is 25.1 Å². The van der Waals surface area contributed by atoms with Crippen LogP contribution in [-0.4, -0.2) is 22.7 Å². The number of aliphatic carboxylic acids is 1. The predicted octanol–water partition coefficient (Wildman–Crippen LogP) is 4.79. The van der Waals surface area contributed by atoms with E-state index in [1.54, 1.807) is 12.1 Å². The highest BCUT2D eigenvalue weighted by atomic mass is 32.1. The molecule has 1 atom stereocenters. The van der Waals surface area contributed by atoms with Crippen molar-refractivity contribution in [2.45, 2.75) is 25.9 Å². The van der Waals surface area contributed by atoms with Gasteiger partial charge < -0.3 is 14.6 Å². The number of nitrogens with zero attached hydrogens (tertiary/aromatic N) is 1. The molecule has 0 saturated heterocycles. The second-order valence-electron chi connectivity index (χ2n) is 6.63. The Kier molecular flexibility index (Phi) is 5.00. The molecule has 4 rings (SSSR count). The van der Waals surface area contributed by atoms with E-state index in [9.17, 15) is 9.18 Å². The van der Waals surface area contributed by atoms with Crippen LogP contribution in [0.1, 0.15) is 28.5 Å². The van der Waals surface area contributed by atoms with Gasteiger partial charge in [-0.2, -0.15) is 0 Å². The van der Waals surface area contributed by atoms with E-state index in [0.717, 1.165) is 26.7 Å². The molecule has 1 unspecified atom stereocenters. The first-order valence-corrected chi connectivity index (χ1v) is 9.65. The number of benzene rings is 2. The lowest BCUT2D eigenvalue weighted by atomic mass is 9.98. The highest BCUT2D eigenvalue weighted by Crippen LogP contribution is 2.38. The van der Waals surface area contributed by atoms with Crippen LogP contribution in [0.5, 0.6) is 11.5 Å². The first-order valence-electron chi connectivity index (χ1n) is 8.83. The Bertz CT molecular complexity index is 1030. The average molecular weight is 399 g/mol. The third-order valence-corrected chi connectivity index (χ3v) is 5.80.